The molecule has 100 valence electrons. The van der Waals surface area contributed by atoms with Gasteiger partial charge in [-0.05, 0) is 24.6 Å². The third kappa shape index (κ3) is 3.21. The van der Waals surface area contributed by atoms with Crippen LogP contribution in [0.5, 0.6) is 0 Å². The van der Waals surface area contributed by atoms with Gasteiger partial charge in [-0.2, -0.15) is 4.31 Å². The predicted octanol–water partition coefficient (Wildman–Crippen LogP) is 0.140. The van der Waals surface area contributed by atoms with Crippen LogP contribution in [0.1, 0.15) is 5.56 Å². The molecule has 0 saturated carbocycles. The number of esters is 1. The molecule has 0 radical (unpaired) electrons. The first-order valence-corrected chi connectivity index (χ1v) is 7.04. The van der Waals surface area contributed by atoms with E-state index in [0.29, 0.717) is 0 Å². The zero-order chi connectivity index (χ0) is 13.3. The van der Waals surface area contributed by atoms with Crippen molar-refractivity contribution >= 4 is 34.9 Å². The molecule has 1 aromatic rings. The van der Waals surface area contributed by atoms with E-state index < -0.39 is 10.0 Å². The molecule has 0 N–H and O–H groups in total. The number of benzene rings is 1. The Morgan fingerprint density at radius 2 is 2.00 bits per heavy atom. The minimum absolute atomic E-state index is 0. The summed E-state index contributed by atoms with van der Waals surface area (Å²) in [5, 5.41) is 0. The molecule has 1 heterocycles. The van der Waals surface area contributed by atoms with E-state index in [1.165, 1.54) is 11.4 Å². The molecule has 0 spiro atoms. The van der Waals surface area contributed by atoms with Gasteiger partial charge >= 0.3 is 24.8 Å². The first kappa shape index (κ1) is 16.3. The van der Waals surface area contributed by atoms with Gasteiger partial charge in [0.05, 0.1) is 17.9 Å². The molecule has 1 saturated heterocycles. The van der Waals surface area contributed by atoms with Crippen LogP contribution in [0.25, 0.3) is 0 Å². The van der Waals surface area contributed by atoms with Crippen LogP contribution in [0.15, 0.2) is 29.2 Å². The van der Waals surface area contributed by atoms with Gasteiger partial charge in [0.1, 0.15) is 0 Å². The Hall–Kier alpha value is -0.803. The number of carbonyl (C=O) groups excluding carboxylic acids is 1. The Morgan fingerprint density at radius 3 is 2.53 bits per heavy atom. The van der Waals surface area contributed by atoms with Crippen LogP contribution in [-0.4, -0.2) is 57.8 Å². The SMILES string of the molecule is COC(=O)C1CN(S(=O)(=O)c2cccc(C)c2)C1.[LiH]. The third-order valence-electron chi connectivity index (χ3n) is 3.01. The van der Waals surface area contributed by atoms with E-state index in [9.17, 15) is 13.2 Å². The van der Waals surface area contributed by atoms with Crippen LogP contribution in [0.2, 0.25) is 0 Å². The van der Waals surface area contributed by atoms with E-state index in [1.54, 1.807) is 18.2 Å². The first-order valence-electron chi connectivity index (χ1n) is 5.60. The molecule has 7 heteroatoms. The third-order valence-corrected chi connectivity index (χ3v) is 4.84. The van der Waals surface area contributed by atoms with Gasteiger partial charge in [-0.25, -0.2) is 8.42 Å². The number of aryl methyl sites for hydroxylation is 1. The number of carbonyl (C=O) groups is 1. The van der Waals surface area contributed by atoms with Crippen molar-refractivity contribution in [2.24, 2.45) is 5.92 Å². The first-order chi connectivity index (χ1) is 8.45. The van der Waals surface area contributed by atoms with Crippen molar-refractivity contribution in [3.8, 4) is 0 Å². The average Bonchev–Trinajstić information content (AvgIpc) is 2.26. The summed E-state index contributed by atoms with van der Waals surface area (Å²) in [6.45, 7) is 2.23. The van der Waals surface area contributed by atoms with Crippen LogP contribution in [0.3, 0.4) is 0 Å². The number of methoxy groups -OCH3 is 1. The van der Waals surface area contributed by atoms with Gasteiger partial charge in [-0.1, -0.05) is 12.1 Å². The maximum atomic E-state index is 12.2. The van der Waals surface area contributed by atoms with Crippen molar-refractivity contribution in [1.82, 2.24) is 4.31 Å². The normalized spacial score (nSPS) is 16.3. The molecular formula is C12H16LiNO4S. The summed E-state index contributed by atoms with van der Waals surface area (Å²) in [4.78, 5) is 11.5. The van der Waals surface area contributed by atoms with Gasteiger partial charge in [0.2, 0.25) is 10.0 Å². The number of ether oxygens (including phenoxy) is 1. The Kier molecular flexibility index (Phi) is 5.22. The summed E-state index contributed by atoms with van der Waals surface area (Å²) in [6, 6.07) is 6.74. The molecule has 1 aromatic carbocycles. The van der Waals surface area contributed by atoms with E-state index in [-0.39, 0.29) is 48.7 Å². The summed E-state index contributed by atoms with van der Waals surface area (Å²) >= 11 is 0. The molecule has 0 atom stereocenters. The molecule has 0 aliphatic carbocycles. The van der Waals surface area contributed by atoms with Gasteiger partial charge in [0.15, 0.2) is 0 Å². The second kappa shape index (κ2) is 6.10. The summed E-state index contributed by atoms with van der Waals surface area (Å²) in [6.07, 6.45) is 0. The van der Waals surface area contributed by atoms with Crippen molar-refractivity contribution in [2.75, 3.05) is 20.2 Å². The number of rotatable bonds is 3. The molecule has 1 aliphatic heterocycles. The second-order valence-corrected chi connectivity index (χ2v) is 6.30. The average molecular weight is 277 g/mol. The monoisotopic (exact) mass is 277 g/mol. The number of sulfonamides is 1. The molecule has 1 aliphatic rings. The van der Waals surface area contributed by atoms with Crippen molar-refractivity contribution in [1.29, 1.82) is 0 Å². The minimum atomic E-state index is -3.47. The number of hydrogen-bond acceptors (Lipinski definition) is 4. The van der Waals surface area contributed by atoms with Gasteiger partial charge < -0.3 is 4.74 Å². The topological polar surface area (TPSA) is 63.7 Å². The fourth-order valence-electron chi connectivity index (χ4n) is 1.88. The molecule has 2 rings (SSSR count). The molecule has 1 fully saturated rings. The summed E-state index contributed by atoms with van der Waals surface area (Å²) < 4.78 is 30.3. The van der Waals surface area contributed by atoms with Crippen molar-refractivity contribution in [3.05, 3.63) is 29.8 Å². The number of hydrogen-bond donors (Lipinski definition) is 0. The Labute approximate surface area is 125 Å². The Morgan fingerprint density at radius 1 is 1.37 bits per heavy atom. The van der Waals surface area contributed by atoms with E-state index in [4.69, 9.17) is 0 Å². The maximum absolute atomic E-state index is 12.2. The quantitative estimate of drug-likeness (QED) is 0.582. The molecule has 5 nitrogen and oxygen atoms in total. The number of nitrogens with zero attached hydrogens (tertiary/aromatic N) is 1. The fourth-order valence-corrected chi connectivity index (χ4v) is 3.51. The molecule has 0 bridgehead atoms. The zero-order valence-electron chi connectivity index (χ0n) is 10.3. The van der Waals surface area contributed by atoms with Crippen LogP contribution >= 0.6 is 0 Å². The van der Waals surface area contributed by atoms with E-state index >= 15 is 0 Å². The van der Waals surface area contributed by atoms with Gasteiger partial charge in [-0.15, -0.1) is 0 Å². The Bertz CT molecular complexity index is 567. The molecular weight excluding hydrogens is 261 g/mol. The van der Waals surface area contributed by atoms with Crippen molar-refractivity contribution in [2.45, 2.75) is 11.8 Å². The molecule has 19 heavy (non-hydrogen) atoms. The van der Waals surface area contributed by atoms with Crippen LogP contribution < -0.4 is 0 Å². The van der Waals surface area contributed by atoms with Gasteiger partial charge in [0.25, 0.3) is 0 Å². The fraction of sp³-hybridized carbons (Fsp3) is 0.417. The summed E-state index contributed by atoms with van der Waals surface area (Å²) in [5.74, 6) is -0.694. The zero-order valence-corrected chi connectivity index (χ0v) is 11.1. The summed E-state index contributed by atoms with van der Waals surface area (Å²) in [7, 11) is -2.17. The van der Waals surface area contributed by atoms with Crippen molar-refractivity contribution < 1.29 is 17.9 Å². The van der Waals surface area contributed by atoms with E-state index in [0.717, 1.165) is 5.56 Å². The standard InChI is InChI=1S/C12H15NO4S.Li.H/c1-9-4-3-5-11(6-9)18(15,16)13-7-10(8-13)12(14)17-2;;/h3-6,10H,7-8H2,1-2H3;;. The molecule has 0 unspecified atom stereocenters. The van der Waals surface area contributed by atoms with E-state index in [2.05, 4.69) is 4.74 Å². The predicted molar refractivity (Wildman–Crippen MR) is 72.6 cm³/mol. The molecule has 0 amide bonds. The van der Waals surface area contributed by atoms with E-state index in [1.807, 2.05) is 13.0 Å². The van der Waals surface area contributed by atoms with Gasteiger partial charge in [-0.3, -0.25) is 4.79 Å². The van der Waals surface area contributed by atoms with Crippen molar-refractivity contribution in [3.63, 3.8) is 0 Å². The van der Waals surface area contributed by atoms with Crippen LogP contribution in [0.4, 0.5) is 0 Å². The Balaban J connectivity index is 0.00000180. The van der Waals surface area contributed by atoms with Gasteiger partial charge in [0, 0.05) is 13.1 Å². The molecule has 0 aromatic heterocycles. The van der Waals surface area contributed by atoms with Crippen LogP contribution in [-0.2, 0) is 19.6 Å². The van der Waals surface area contributed by atoms with Crippen LogP contribution in [0, 0.1) is 12.8 Å². The second-order valence-electron chi connectivity index (χ2n) is 4.36. The summed E-state index contributed by atoms with van der Waals surface area (Å²) in [5.41, 5.74) is 0.890.